The Bertz CT molecular complexity index is 2650. The molecule has 0 saturated carbocycles. The summed E-state index contributed by atoms with van der Waals surface area (Å²) in [7, 11) is -4.46. The fraction of sp³-hybridized carbons (Fsp3) is 0.182. The molecule has 69 heavy (non-hydrogen) atoms. The number of ether oxygens (including phenoxy) is 4. The van der Waals surface area contributed by atoms with E-state index in [-0.39, 0.29) is 46.1 Å². The molecule has 2 atom stereocenters. The van der Waals surface area contributed by atoms with E-state index >= 15 is 0 Å². The van der Waals surface area contributed by atoms with Gasteiger partial charge in [-0.05, 0) is 51.1 Å². The van der Waals surface area contributed by atoms with E-state index in [0.717, 1.165) is 16.7 Å². The van der Waals surface area contributed by atoms with Crippen LogP contribution in [0.25, 0.3) is 0 Å². The summed E-state index contributed by atoms with van der Waals surface area (Å²) in [5, 5.41) is 5.29. The standard InChI is InChI=1S/C55H53N2O11P/c58-53(50(57-55(60)65-38-45-25-13-4-14-26-45)41-68-69(61,66-39-46-27-15-5-16-28-46)67-40-47-29-17-6-18-30-47)56-49(54(59)64-37-44-23-11-3-12-24-44)33-48-31-32-51(62-35-42-19-7-1-8-20-42)52(34-48)63-36-43-21-9-2-10-22-43/h1-32,34,49-50H,33,35-41H2,(H,56,58)(H,57,60)/t49-,50-/m0/s1. The lowest BCUT2D eigenvalue weighted by Gasteiger charge is -2.25. The molecule has 2 N–H and O–H groups in total. The first kappa shape index (κ1) is 49.4. The van der Waals surface area contributed by atoms with Crippen molar-refractivity contribution < 1.29 is 51.5 Å². The van der Waals surface area contributed by atoms with Crippen LogP contribution in [0.3, 0.4) is 0 Å². The van der Waals surface area contributed by atoms with Crippen LogP contribution in [0.5, 0.6) is 11.5 Å². The van der Waals surface area contributed by atoms with Crippen LogP contribution in [0.1, 0.15) is 38.9 Å². The van der Waals surface area contributed by atoms with Gasteiger partial charge in [-0.1, -0.05) is 188 Å². The molecule has 0 fully saturated rings. The van der Waals surface area contributed by atoms with E-state index in [2.05, 4.69) is 10.6 Å². The van der Waals surface area contributed by atoms with Crippen molar-refractivity contribution in [1.82, 2.24) is 10.6 Å². The Labute approximate surface area is 401 Å². The van der Waals surface area contributed by atoms with Crippen molar-refractivity contribution in [1.29, 1.82) is 0 Å². The number of hydrogen-bond donors (Lipinski definition) is 2. The molecule has 2 amide bonds. The maximum atomic E-state index is 14.5. The molecule has 13 nitrogen and oxygen atoms in total. The SMILES string of the molecule is O=C(N[C@@H](COP(=O)(OCc1ccccc1)OCc1ccccc1)C(=O)N[C@@H](Cc1ccc(OCc2ccccc2)c(OCc2ccccc2)c1)C(=O)OCc1ccccc1)OCc1ccccc1. The maximum Gasteiger partial charge on any atom is 0.475 e. The van der Waals surface area contributed by atoms with Gasteiger partial charge in [-0.3, -0.25) is 18.4 Å². The third kappa shape index (κ3) is 16.6. The molecule has 0 spiro atoms. The number of alkyl carbamates (subject to hydrolysis) is 1. The number of carbonyl (C=O) groups excluding carboxylic acids is 3. The Morgan fingerprint density at radius 3 is 1.28 bits per heavy atom. The maximum absolute atomic E-state index is 14.5. The van der Waals surface area contributed by atoms with Crippen molar-refractivity contribution in [2.75, 3.05) is 6.61 Å². The van der Waals surface area contributed by atoms with E-state index in [0.29, 0.717) is 33.8 Å². The summed E-state index contributed by atoms with van der Waals surface area (Å²) in [6.07, 6.45) is -1.06. The van der Waals surface area contributed by atoms with Gasteiger partial charge in [0, 0.05) is 6.42 Å². The van der Waals surface area contributed by atoms with Gasteiger partial charge in [-0.25, -0.2) is 14.2 Å². The molecule has 354 valence electrons. The molecule has 0 aliphatic rings. The lowest BCUT2D eigenvalue weighted by Crippen LogP contribution is -2.54. The second-order valence-corrected chi connectivity index (χ2v) is 17.4. The minimum atomic E-state index is -4.46. The fourth-order valence-corrected chi connectivity index (χ4v) is 7.91. The lowest BCUT2D eigenvalue weighted by atomic mass is 10.0. The highest BCUT2D eigenvalue weighted by atomic mass is 31.2. The topological polar surface area (TPSA) is 157 Å². The van der Waals surface area contributed by atoms with Gasteiger partial charge in [-0.2, -0.15) is 0 Å². The monoisotopic (exact) mass is 948 g/mol. The van der Waals surface area contributed by atoms with Crippen LogP contribution in [0.2, 0.25) is 0 Å². The molecular weight excluding hydrogens is 896 g/mol. The molecule has 0 aliphatic heterocycles. The quantitative estimate of drug-likeness (QED) is 0.0415. The number of nitrogens with one attached hydrogen (secondary N) is 2. The number of carbonyl (C=O) groups is 3. The van der Waals surface area contributed by atoms with Gasteiger partial charge < -0.3 is 29.6 Å². The predicted molar refractivity (Wildman–Crippen MR) is 259 cm³/mol. The summed E-state index contributed by atoms with van der Waals surface area (Å²) in [6.45, 7) is -0.720. The van der Waals surface area contributed by atoms with Crippen LogP contribution in [0.4, 0.5) is 4.79 Å². The van der Waals surface area contributed by atoms with Crippen molar-refractivity contribution in [3.63, 3.8) is 0 Å². The summed E-state index contributed by atoms with van der Waals surface area (Å²) in [4.78, 5) is 42.0. The Hall–Kier alpha value is -7.54. The van der Waals surface area contributed by atoms with Crippen molar-refractivity contribution in [2.24, 2.45) is 0 Å². The van der Waals surface area contributed by atoms with Gasteiger partial charge in [0.15, 0.2) is 11.5 Å². The molecule has 0 bridgehead atoms. The smallest absolute Gasteiger partial charge is 0.475 e. The number of benzene rings is 7. The first-order chi connectivity index (χ1) is 33.8. The van der Waals surface area contributed by atoms with Gasteiger partial charge in [0.2, 0.25) is 5.91 Å². The van der Waals surface area contributed by atoms with Gasteiger partial charge in [0.05, 0.1) is 19.8 Å². The first-order valence-corrected chi connectivity index (χ1v) is 23.8. The summed E-state index contributed by atoms with van der Waals surface area (Å²) in [6, 6.07) is 57.7. The van der Waals surface area contributed by atoms with E-state index in [9.17, 15) is 18.9 Å². The Balaban J connectivity index is 1.14. The van der Waals surface area contributed by atoms with Gasteiger partial charge in [0.1, 0.15) is 38.5 Å². The van der Waals surface area contributed by atoms with Crippen molar-refractivity contribution in [2.45, 2.75) is 58.1 Å². The fourth-order valence-electron chi connectivity index (χ4n) is 6.74. The number of amides is 2. The van der Waals surface area contributed by atoms with Crippen LogP contribution >= 0.6 is 7.82 Å². The van der Waals surface area contributed by atoms with E-state index in [4.69, 9.17) is 32.5 Å². The minimum absolute atomic E-state index is 0.0784. The molecule has 0 aromatic heterocycles. The molecule has 7 aromatic rings. The molecule has 14 heteroatoms. The van der Waals surface area contributed by atoms with Crippen molar-refractivity contribution in [3.05, 3.63) is 239 Å². The average molecular weight is 949 g/mol. The zero-order chi connectivity index (χ0) is 47.9. The number of phosphoric ester groups is 1. The van der Waals surface area contributed by atoms with E-state index in [1.807, 2.05) is 109 Å². The molecule has 0 radical (unpaired) electrons. The molecular formula is C55H53N2O11P. The molecule has 7 rings (SSSR count). The van der Waals surface area contributed by atoms with Crippen molar-refractivity contribution in [3.8, 4) is 11.5 Å². The van der Waals surface area contributed by atoms with Crippen LogP contribution < -0.4 is 20.1 Å². The van der Waals surface area contributed by atoms with E-state index in [1.165, 1.54) is 0 Å². The average Bonchev–Trinajstić information content (AvgIpc) is 3.40. The normalized spacial score (nSPS) is 11.9. The molecule has 0 aliphatic carbocycles. The Morgan fingerprint density at radius 1 is 0.406 bits per heavy atom. The highest BCUT2D eigenvalue weighted by Crippen LogP contribution is 2.51. The summed E-state index contributed by atoms with van der Waals surface area (Å²) >= 11 is 0. The van der Waals surface area contributed by atoms with Crippen LogP contribution in [0.15, 0.2) is 200 Å². The van der Waals surface area contributed by atoms with Crippen molar-refractivity contribution >= 4 is 25.8 Å². The summed E-state index contributed by atoms with van der Waals surface area (Å²) < 4.78 is 55.6. The molecule has 7 aromatic carbocycles. The summed E-state index contributed by atoms with van der Waals surface area (Å²) in [5.41, 5.74) is 5.26. The van der Waals surface area contributed by atoms with Gasteiger partial charge in [0.25, 0.3) is 0 Å². The number of hydrogen-bond acceptors (Lipinski definition) is 11. The third-order valence-corrected chi connectivity index (χ3v) is 11.8. The largest absolute Gasteiger partial charge is 0.485 e. The van der Waals surface area contributed by atoms with Gasteiger partial charge >= 0.3 is 19.9 Å². The minimum Gasteiger partial charge on any atom is -0.485 e. The predicted octanol–water partition coefficient (Wildman–Crippen LogP) is 10.5. The zero-order valence-electron chi connectivity index (χ0n) is 37.8. The molecule has 0 saturated heterocycles. The van der Waals surface area contributed by atoms with Gasteiger partial charge in [-0.15, -0.1) is 0 Å². The Kier molecular flexibility index (Phi) is 18.7. The molecule has 0 unspecified atom stereocenters. The van der Waals surface area contributed by atoms with Crippen LogP contribution in [0, 0.1) is 0 Å². The number of phosphoric acid groups is 1. The second kappa shape index (κ2) is 26.1. The zero-order valence-corrected chi connectivity index (χ0v) is 38.7. The van der Waals surface area contributed by atoms with Crippen LogP contribution in [-0.4, -0.2) is 36.7 Å². The van der Waals surface area contributed by atoms with E-state index < -0.39 is 44.5 Å². The number of rotatable bonds is 25. The van der Waals surface area contributed by atoms with Crippen LogP contribution in [-0.2, 0) is 83.3 Å². The lowest BCUT2D eigenvalue weighted by molar-refractivity contribution is -0.149. The molecule has 0 heterocycles. The second-order valence-electron chi connectivity index (χ2n) is 15.7. The number of esters is 1. The highest BCUT2D eigenvalue weighted by molar-refractivity contribution is 7.48. The summed E-state index contributed by atoms with van der Waals surface area (Å²) in [5.74, 6) is -0.771. The third-order valence-electron chi connectivity index (χ3n) is 10.4. The highest BCUT2D eigenvalue weighted by Gasteiger charge is 2.34. The van der Waals surface area contributed by atoms with E-state index in [1.54, 1.807) is 91.0 Å². The Morgan fingerprint density at radius 2 is 0.812 bits per heavy atom. The first-order valence-electron chi connectivity index (χ1n) is 22.3.